The maximum absolute atomic E-state index is 5.92. The van der Waals surface area contributed by atoms with Crippen LogP contribution in [-0.2, 0) is 11.2 Å². The van der Waals surface area contributed by atoms with Crippen molar-refractivity contribution in [2.45, 2.75) is 24.9 Å². The molecule has 0 bridgehead atoms. The second kappa shape index (κ2) is 6.37. The van der Waals surface area contributed by atoms with Crippen LogP contribution in [-0.4, -0.2) is 30.8 Å². The third-order valence-electron chi connectivity index (χ3n) is 4.45. The van der Waals surface area contributed by atoms with Crippen molar-refractivity contribution in [3.63, 3.8) is 0 Å². The molecule has 0 atom stereocenters. The predicted molar refractivity (Wildman–Crippen MR) is 85.2 cm³/mol. The van der Waals surface area contributed by atoms with Crippen LogP contribution in [0.4, 0.5) is 0 Å². The molecule has 0 spiro atoms. The van der Waals surface area contributed by atoms with E-state index < -0.39 is 0 Å². The first-order valence-electron chi connectivity index (χ1n) is 7.57. The second-order valence-corrected chi connectivity index (χ2v) is 5.71. The van der Waals surface area contributed by atoms with Crippen LogP contribution in [0, 0.1) is 0 Å². The minimum Gasteiger partial charge on any atom is -0.378 e. The van der Waals surface area contributed by atoms with Gasteiger partial charge in [0.05, 0.1) is 5.60 Å². The van der Waals surface area contributed by atoms with Crippen LogP contribution >= 0.6 is 0 Å². The maximum atomic E-state index is 5.92. The van der Waals surface area contributed by atoms with Crippen LogP contribution in [0.15, 0.2) is 48.8 Å². The lowest BCUT2D eigenvalue weighted by atomic mass is 9.83. The summed E-state index contributed by atoms with van der Waals surface area (Å²) < 4.78 is 5.92. The van der Waals surface area contributed by atoms with Gasteiger partial charge in [-0.3, -0.25) is 4.98 Å². The summed E-state index contributed by atoms with van der Waals surface area (Å²) in [5.74, 6) is 0. The van der Waals surface area contributed by atoms with E-state index >= 15 is 0 Å². The van der Waals surface area contributed by atoms with Crippen molar-refractivity contribution < 1.29 is 4.74 Å². The lowest BCUT2D eigenvalue weighted by Crippen LogP contribution is -2.45. The summed E-state index contributed by atoms with van der Waals surface area (Å²) >= 11 is 0. The van der Waals surface area contributed by atoms with E-state index in [-0.39, 0.29) is 5.60 Å². The molecule has 0 amide bonds. The van der Waals surface area contributed by atoms with Crippen molar-refractivity contribution in [3.05, 3.63) is 54.4 Å². The zero-order valence-electron chi connectivity index (χ0n) is 12.5. The molecule has 3 nitrogen and oxygen atoms in total. The molecule has 1 saturated heterocycles. The quantitative estimate of drug-likeness (QED) is 0.936. The molecule has 0 unspecified atom stereocenters. The maximum Gasteiger partial charge on any atom is 0.0743 e. The number of nitrogens with zero attached hydrogens (tertiary/aromatic N) is 1. The van der Waals surface area contributed by atoms with Crippen molar-refractivity contribution in [1.29, 1.82) is 0 Å². The Labute approximate surface area is 126 Å². The van der Waals surface area contributed by atoms with E-state index in [1.54, 1.807) is 0 Å². The average Bonchev–Trinajstić information content (AvgIpc) is 2.57. The molecule has 3 heteroatoms. The van der Waals surface area contributed by atoms with Gasteiger partial charge in [0.1, 0.15) is 0 Å². The summed E-state index contributed by atoms with van der Waals surface area (Å²) in [5.41, 5.74) is 3.74. The van der Waals surface area contributed by atoms with Crippen LogP contribution in [0.3, 0.4) is 0 Å². The molecule has 1 N–H and O–H groups in total. The summed E-state index contributed by atoms with van der Waals surface area (Å²) in [6.45, 7) is 2.06. The number of hydrogen-bond donors (Lipinski definition) is 1. The van der Waals surface area contributed by atoms with Gasteiger partial charge in [0.15, 0.2) is 0 Å². The number of piperidine rings is 1. The summed E-state index contributed by atoms with van der Waals surface area (Å²) in [7, 11) is 1.85. The Hall–Kier alpha value is -1.71. The minimum absolute atomic E-state index is 0.0381. The number of ether oxygens (including phenoxy) is 1. The summed E-state index contributed by atoms with van der Waals surface area (Å²) in [6, 6.07) is 12.7. The Bertz CT molecular complexity index is 577. The second-order valence-electron chi connectivity index (χ2n) is 5.71. The Kier molecular flexibility index (Phi) is 4.32. The molecule has 110 valence electrons. The van der Waals surface area contributed by atoms with Crippen LogP contribution < -0.4 is 5.32 Å². The molecule has 1 aromatic carbocycles. The van der Waals surface area contributed by atoms with Crippen LogP contribution in [0.2, 0.25) is 0 Å². The summed E-state index contributed by atoms with van der Waals surface area (Å²) in [6.07, 6.45) is 6.82. The predicted octanol–water partition coefficient (Wildman–Crippen LogP) is 3.06. The van der Waals surface area contributed by atoms with Crippen LogP contribution in [0.1, 0.15) is 18.4 Å². The molecule has 0 saturated carbocycles. The highest BCUT2D eigenvalue weighted by Crippen LogP contribution is 2.31. The Morgan fingerprint density at radius 3 is 2.67 bits per heavy atom. The third kappa shape index (κ3) is 3.14. The van der Waals surface area contributed by atoms with E-state index in [2.05, 4.69) is 40.6 Å². The highest BCUT2D eigenvalue weighted by molar-refractivity contribution is 5.66. The Morgan fingerprint density at radius 2 is 1.95 bits per heavy atom. The molecule has 21 heavy (non-hydrogen) atoms. The lowest BCUT2D eigenvalue weighted by molar-refractivity contribution is -0.0332. The van der Waals surface area contributed by atoms with Gasteiger partial charge in [-0.25, -0.2) is 0 Å². The van der Waals surface area contributed by atoms with Gasteiger partial charge in [-0.1, -0.05) is 30.3 Å². The van der Waals surface area contributed by atoms with Crippen LogP contribution in [0.25, 0.3) is 11.1 Å². The molecule has 3 rings (SSSR count). The molecule has 0 aliphatic carbocycles. The van der Waals surface area contributed by atoms with E-state index in [4.69, 9.17) is 4.74 Å². The third-order valence-corrected chi connectivity index (χ3v) is 4.45. The van der Waals surface area contributed by atoms with Gasteiger partial charge >= 0.3 is 0 Å². The lowest BCUT2D eigenvalue weighted by Gasteiger charge is -2.37. The molecule has 1 aliphatic heterocycles. The summed E-state index contributed by atoms with van der Waals surface area (Å²) in [4.78, 5) is 4.25. The van der Waals surface area contributed by atoms with E-state index in [0.717, 1.165) is 32.4 Å². The van der Waals surface area contributed by atoms with E-state index in [1.165, 1.54) is 16.7 Å². The highest BCUT2D eigenvalue weighted by Gasteiger charge is 2.32. The SMILES string of the molecule is COC1(Cc2ccccc2-c2cccnc2)CCNCC1. The minimum atomic E-state index is -0.0381. The number of hydrogen-bond acceptors (Lipinski definition) is 3. The Balaban J connectivity index is 1.92. The van der Waals surface area contributed by atoms with Crippen molar-refractivity contribution in [2.75, 3.05) is 20.2 Å². The fraction of sp³-hybridized carbons (Fsp3) is 0.389. The first-order valence-corrected chi connectivity index (χ1v) is 7.57. The molecule has 2 aromatic rings. The Morgan fingerprint density at radius 1 is 1.14 bits per heavy atom. The molecule has 1 aromatic heterocycles. The van der Waals surface area contributed by atoms with Gasteiger partial charge < -0.3 is 10.1 Å². The normalized spacial score (nSPS) is 17.6. The zero-order chi connectivity index (χ0) is 14.5. The molecule has 1 fully saturated rings. The van der Waals surface area contributed by atoms with Gasteiger partial charge in [0.25, 0.3) is 0 Å². The first-order chi connectivity index (χ1) is 10.3. The number of rotatable bonds is 4. The van der Waals surface area contributed by atoms with E-state index in [9.17, 15) is 0 Å². The molecular formula is C18H22N2O. The topological polar surface area (TPSA) is 34.1 Å². The number of pyridine rings is 1. The molecular weight excluding hydrogens is 260 g/mol. The van der Waals surface area contributed by atoms with Gasteiger partial charge in [-0.05, 0) is 43.1 Å². The fourth-order valence-electron chi connectivity index (χ4n) is 3.16. The number of benzene rings is 1. The fourth-order valence-corrected chi connectivity index (χ4v) is 3.16. The van der Waals surface area contributed by atoms with Gasteiger partial charge in [0, 0.05) is 31.5 Å². The average molecular weight is 282 g/mol. The van der Waals surface area contributed by atoms with Gasteiger partial charge in [0.2, 0.25) is 0 Å². The van der Waals surface area contributed by atoms with Crippen molar-refractivity contribution in [2.24, 2.45) is 0 Å². The smallest absolute Gasteiger partial charge is 0.0743 e. The van der Waals surface area contributed by atoms with Crippen molar-refractivity contribution >= 4 is 0 Å². The number of aromatic nitrogens is 1. The first kappa shape index (κ1) is 14.2. The van der Waals surface area contributed by atoms with Crippen molar-refractivity contribution in [1.82, 2.24) is 10.3 Å². The van der Waals surface area contributed by atoms with E-state index in [1.807, 2.05) is 25.6 Å². The largest absolute Gasteiger partial charge is 0.378 e. The molecule has 1 aliphatic rings. The van der Waals surface area contributed by atoms with Crippen molar-refractivity contribution in [3.8, 4) is 11.1 Å². The summed E-state index contributed by atoms with van der Waals surface area (Å²) in [5, 5.41) is 3.42. The standard InChI is InChI=1S/C18H22N2O/c1-21-18(8-11-19-12-9-18)13-15-5-2-3-7-17(15)16-6-4-10-20-14-16/h2-7,10,14,19H,8-9,11-13H2,1H3. The zero-order valence-corrected chi connectivity index (χ0v) is 12.5. The van der Waals surface area contributed by atoms with E-state index in [0.29, 0.717) is 0 Å². The molecule has 0 radical (unpaired) electrons. The number of nitrogens with one attached hydrogen (secondary N) is 1. The molecule has 2 heterocycles. The highest BCUT2D eigenvalue weighted by atomic mass is 16.5. The number of methoxy groups -OCH3 is 1. The monoisotopic (exact) mass is 282 g/mol. The van der Waals surface area contributed by atoms with Gasteiger partial charge in [-0.15, -0.1) is 0 Å². The van der Waals surface area contributed by atoms with Gasteiger partial charge in [-0.2, -0.15) is 0 Å². The van der Waals surface area contributed by atoms with Crippen LogP contribution in [0.5, 0.6) is 0 Å².